The highest BCUT2D eigenvalue weighted by atomic mass is 16.8. The Morgan fingerprint density at radius 1 is 1.29 bits per heavy atom. The minimum Gasteiger partial charge on any atom is -0.368 e. The van der Waals surface area contributed by atoms with E-state index in [9.17, 15) is 5.11 Å². The van der Waals surface area contributed by atoms with Gasteiger partial charge in [-0.1, -0.05) is 32.6 Å². The molecule has 2 rings (SSSR count). The van der Waals surface area contributed by atoms with Gasteiger partial charge in [-0.15, -0.1) is 0 Å². The van der Waals surface area contributed by atoms with Crippen LogP contribution in [0.4, 0.5) is 0 Å². The van der Waals surface area contributed by atoms with Gasteiger partial charge in [0.05, 0.1) is 13.2 Å². The molecular formula is C17H32O4. The lowest BCUT2D eigenvalue weighted by Gasteiger charge is -2.29. The molecule has 0 amide bonds. The molecule has 3 unspecified atom stereocenters. The van der Waals surface area contributed by atoms with Gasteiger partial charge in [-0.25, -0.2) is 0 Å². The summed E-state index contributed by atoms with van der Waals surface area (Å²) in [6, 6.07) is 0. The van der Waals surface area contributed by atoms with Crippen molar-refractivity contribution in [3.05, 3.63) is 0 Å². The Bertz CT molecular complexity index is 301. The van der Waals surface area contributed by atoms with Crippen molar-refractivity contribution in [1.82, 2.24) is 0 Å². The van der Waals surface area contributed by atoms with E-state index in [-0.39, 0.29) is 12.0 Å². The summed E-state index contributed by atoms with van der Waals surface area (Å²) in [4.78, 5) is 0. The van der Waals surface area contributed by atoms with Crippen LogP contribution in [0.15, 0.2) is 0 Å². The zero-order valence-electron chi connectivity index (χ0n) is 13.8. The molecule has 3 atom stereocenters. The van der Waals surface area contributed by atoms with Crippen LogP contribution < -0.4 is 0 Å². The normalized spacial score (nSPS) is 28.3. The second kappa shape index (κ2) is 7.91. The fourth-order valence-electron chi connectivity index (χ4n) is 3.22. The molecule has 4 nitrogen and oxygen atoms in total. The standard InChI is InChI=1S/C17H32O4/c1-4-6-14(10-9-13-7-5-8-13)16(18)19-11-15-12-20-17(2,3)21-15/h13-16,18H,4-12H2,1-3H3. The average Bonchev–Trinajstić information content (AvgIpc) is 2.72. The molecular weight excluding hydrogens is 268 g/mol. The lowest BCUT2D eigenvalue weighted by Crippen LogP contribution is -2.30. The third-order valence-electron chi connectivity index (χ3n) is 4.75. The molecule has 0 aromatic heterocycles. The Morgan fingerprint density at radius 3 is 2.57 bits per heavy atom. The molecule has 2 aliphatic rings. The van der Waals surface area contributed by atoms with E-state index in [2.05, 4.69) is 6.92 Å². The van der Waals surface area contributed by atoms with E-state index in [1.165, 1.54) is 25.7 Å². The fraction of sp³-hybridized carbons (Fsp3) is 1.00. The first kappa shape index (κ1) is 17.2. The summed E-state index contributed by atoms with van der Waals surface area (Å²) in [5.41, 5.74) is 0. The second-order valence-electron chi connectivity index (χ2n) is 7.10. The van der Waals surface area contributed by atoms with Crippen molar-refractivity contribution in [3.63, 3.8) is 0 Å². The smallest absolute Gasteiger partial charge is 0.163 e. The van der Waals surface area contributed by atoms with Crippen molar-refractivity contribution in [2.75, 3.05) is 13.2 Å². The molecule has 0 spiro atoms. The molecule has 1 saturated heterocycles. The summed E-state index contributed by atoms with van der Waals surface area (Å²) < 4.78 is 16.9. The monoisotopic (exact) mass is 300 g/mol. The summed E-state index contributed by atoms with van der Waals surface area (Å²) in [6.07, 6.45) is 7.83. The van der Waals surface area contributed by atoms with E-state index >= 15 is 0 Å². The van der Waals surface area contributed by atoms with Crippen LogP contribution in [0.3, 0.4) is 0 Å². The van der Waals surface area contributed by atoms with Crippen molar-refractivity contribution in [3.8, 4) is 0 Å². The zero-order valence-corrected chi connectivity index (χ0v) is 13.8. The molecule has 0 bridgehead atoms. The predicted molar refractivity (Wildman–Crippen MR) is 81.8 cm³/mol. The summed E-state index contributed by atoms with van der Waals surface area (Å²) in [7, 11) is 0. The van der Waals surface area contributed by atoms with Gasteiger partial charge < -0.3 is 19.3 Å². The lowest BCUT2D eigenvalue weighted by molar-refractivity contribution is -0.177. The Morgan fingerprint density at radius 2 is 2.05 bits per heavy atom. The number of aliphatic hydroxyl groups excluding tert-OH is 1. The summed E-state index contributed by atoms with van der Waals surface area (Å²) in [5, 5.41) is 10.3. The number of hydrogen-bond acceptors (Lipinski definition) is 4. The number of aliphatic hydroxyl groups is 1. The van der Waals surface area contributed by atoms with E-state index in [1.54, 1.807) is 0 Å². The van der Waals surface area contributed by atoms with Crippen LogP contribution in [0, 0.1) is 11.8 Å². The van der Waals surface area contributed by atoms with E-state index in [0.29, 0.717) is 13.2 Å². The van der Waals surface area contributed by atoms with Crippen molar-refractivity contribution in [2.45, 2.75) is 83.9 Å². The minimum absolute atomic E-state index is 0.0661. The molecule has 1 heterocycles. The quantitative estimate of drug-likeness (QED) is 0.662. The highest BCUT2D eigenvalue weighted by Crippen LogP contribution is 2.33. The molecule has 124 valence electrons. The third-order valence-corrected chi connectivity index (χ3v) is 4.75. The van der Waals surface area contributed by atoms with Crippen LogP contribution in [0.5, 0.6) is 0 Å². The second-order valence-corrected chi connectivity index (χ2v) is 7.10. The Balaban J connectivity index is 1.68. The van der Waals surface area contributed by atoms with Crippen molar-refractivity contribution >= 4 is 0 Å². The molecule has 2 fully saturated rings. The topological polar surface area (TPSA) is 47.9 Å². The van der Waals surface area contributed by atoms with Crippen LogP contribution in [0.2, 0.25) is 0 Å². The average molecular weight is 300 g/mol. The van der Waals surface area contributed by atoms with Gasteiger partial charge in [0.1, 0.15) is 6.10 Å². The van der Waals surface area contributed by atoms with Crippen molar-refractivity contribution < 1.29 is 19.3 Å². The Hall–Kier alpha value is -0.160. The highest BCUT2D eigenvalue weighted by Gasteiger charge is 2.33. The molecule has 1 aliphatic carbocycles. The lowest BCUT2D eigenvalue weighted by atomic mass is 9.80. The van der Waals surface area contributed by atoms with E-state index < -0.39 is 12.1 Å². The number of rotatable bonds is 9. The molecule has 1 saturated carbocycles. The van der Waals surface area contributed by atoms with Gasteiger partial charge >= 0.3 is 0 Å². The summed E-state index contributed by atoms with van der Waals surface area (Å²) >= 11 is 0. The summed E-state index contributed by atoms with van der Waals surface area (Å²) in [6.45, 7) is 6.93. The number of hydrogen-bond donors (Lipinski definition) is 1. The van der Waals surface area contributed by atoms with Crippen LogP contribution in [-0.2, 0) is 14.2 Å². The first-order valence-corrected chi connectivity index (χ1v) is 8.61. The molecule has 21 heavy (non-hydrogen) atoms. The largest absolute Gasteiger partial charge is 0.368 e. The van der Waals surface area contributed by atoms with Gasteiger partial charge in [-0.2, -0.15) is 0 Å². The van der Waals surface area contributed by atoms with Crippen molar-refractivity contribution in [2.24, 2.45) is 11.8 Å². The van der Waals surface area contributed by atoms with Gasteiger partial charge in [-0.05, 0) is 39.0 Å². The maximum absolute atomic E-state index is 10.3. The van der Waals surface area contributed by atoms with Gasteiger partial charge in [0.15, 0.2) is 12.1 Å². The maximum Gasteiger partial charge on any atom is 0.163 e. The van der Waals surface area contributed by atoms with Crippen LogP contribution in [0.25, 0.3) is 0 Å². The van der Waals surface area contributed by atoms with Gasteiger partial charge in [0.2, 0.25) is 0 Å². The van der Waals surface area contributed by atoms with Crippen LogP contribution >= 0.6 is 0 Å². The molecule has 0 aromatic rings. The van der Waals surface area contributed by atoms with Crippen molar-refractivity contribution in [1.29, 1.82) is 0 Å². The zero-order chi connectivity index (χ0) is 15.3. The molecule has 1 N–H and O–H groups in total. The van der Waals surface area contributed by atoms with Gasteiger partial charge in [0.25, 0.3) is 0 Å². The molecule has 1 aliphatic heterocycles. The van der Waals surface area contributed by atoms with Crippen LogP contribution in [-0.4, -0.2) is 36.5 Å². The molecule has 0 aromatic carbocycles. The minimum atomic E-state index is -0.669. The van der Waals surface area contributed by atoms with Gasteiger partial charge in [-0.3, -0.25) is 0 Å². The van der Waals surface area contributed by atoms with E-state index in [0.717, 1.165) is 25.2 Å². The van der Waals surface area contributed by atoms with E-state index in [4.69, 9.17) is 14.2 Å². The van der Waals surface area contributed by atoms with Crippen LogP contribution in [0.1, 0.15) is 65.7 Å². The molecule has 0 radical (unpaired) electrons. The first-order valence-electron chi connectivity index (χ1n) is 8.61. The predicted octanol–water partition coefficient (Wildman–Crippen LogP) is 3.47. The fourth-order valence-corrected chi connectivity index (χ4v) is 3.22. The first-order chi connectivity index (χ1) is 10.00. The molecule has 4 heteroatoms. The highest BCUT2D eigenvalue weighted by molar-refractivity contribution is 4.74. The summed E-state index contributed by atoms with van der Waals surface area (Å²) in [5.74, 6) is 0.626. The van der Waals surface area contributed by atoms with Gasteiger partial charge in [0, 0.05) is 5.92 Å². The Kier molecular flexibility index (Phi) is 6.48. The SMILES string of the molecule is CCCC(CCC1CCC1)C(O)OCC1COC(C)(C)O1. The number of ether oxygens (including phenoxy) is 3. The van der Waals surface area contributed by atoms with E-state index in [1.807, 2.05) is 13.8 Å². The Labute approximate surface area is 129 Å². The maximum atomic E-state index is 10.3. The third kappa shape index (κ3) is 5.51.